The fourth-order valence-corrected chi connectivity index (χ4v) is 1.99. The minimum atomic E-state index is -1.03. The summed E-state index contributed by atoms with van der Waals surface area (Å²) in [4.78, 5) is 21.2. The lowest BCUT2D eigenvalue weighted by Crippen LogP contribution is -2.31. The largest absolute Gasteiger partial charge is 0.476 e. The van der Waals surface area contributed by atoms with Gasteiger partial charge in [0.25, 0.3) is 0 Å². The SMILES string of the molecule is Cc1nc(C(=O)O)cnc1N1CCCCC1. The number of rotatable bonds is 2. The smallest absolute Gasteiger partial charge is 0.356 e. The van der Waals surface area contributed by atoms with E-state index < -0.39 is 5.97 Å². The summed E-state index contributed by atoms with van der Waals surface area (Å²) in [7, 11) is 0. The van der Waals surface area contributed by atoms with Gasteiger partial charge in [0.1, 0.15) is 5.82 Å². The van der Waals surface area contributed by atoms with Crippen LogP contribution in [-0.2, 0) is 0 Å². The number of carbonyl (C=O) groups is 1. The number of piperidine rings is 1. The third-order valence-corrected chi connectivity index (χ3v) is 2.80. The Kier molecular flexibility index (Phi) is 3.03. The zero-order valence-corrected chi connectivity index (χ0v) is 9.31. The van der Waals surface area contributed by atoms with Crippen molar-refractivity contribution in [1.29, 1.82) is 0 Å². The van der Waals surface area contributed by atoms with Crippen LogP contribution in [0.5, 0.6) is 0 Å². The van der Waals surface area contributed by atoms with Crippen LogP contribution in [0.1, 0.15) is 35.4 Å². The number of carboxylic acid groups (broad SMARTS) is 1. The number of aromatic nitrogens is 2. The maximum Gasteiger partial charge on any atom is 0.356 e. The van der Waals surface area contributed by atoms with E-state index in [0.717, 1.165) is 18.9 Å². The van der Waals surface area contributed by atoms with Crippen LogP contribution in [-0.4, -0.2) is 34.1 Å². The quantitative estimate of drug-likeness (QED) is 0.819. The monoisotopic (exact) mass is 221 g/mol. The van der Waals surface area contributed by atoms with E-state index in [9.17, 15) is 4.79 Å². The van der Waals surface area contributed by atoms with Crippen molar-refractivity contribution < 1.29 is 9.90 Å². The summed E-state index contributed by atoms with van der Waals surface area (Å²) in [6.45, 7) is 3.78. The van der Waals surface area contributed by atoms with E-state index in [1.54, 1.807) is 0 Å². The predicted octanol–water partition coefficient (Wildman–Crippen LogP) is 1.47. The highest BCUT2D eigenvalue weighted by molar-refractivity contribution is 5.85. The maximum absolute atomic E-state index is 10.7. The second-order valence-electron chi connectivity index (χ2n) is 4.02. The molecule has 86 valence electrons. The van der Waals surface area contributed by atoms with Gasteiger partial charge in [-0.15, -0.1) is 0 Å². The number of anilines is 1. The van der Waals surface area contributed by atoms with Crippen molar-refractivity contribution in [2.75, 3.05) is 18.0 Å². The van der Waals surface area contributed by atoms with Gasteiger partial charge in [0.2, 0.25) is 0 Å². The van der Waals surface area contributed by atoms with E-state index in [1.807, 2.05) is 6.92 Å². The van der Waals surface area contributed by atoms with Gasteiger partial charge in [-0.25, -0.2) is 14.8 Å². The van der Waals surface area contributed by atoms with Gasteiger partial charge < -0.3 is 10.0 Å². The van der Waals surface area contributed by atoms with Crippen molar-refractivity contribution in [3.63, 3.8) is 0 Å². The molecule has 1 fully saturated rings. The molecule has 1 N–H and O–H groups in total. The minimum Gasteiger partial charge on any atom is -0.476 e. The summed E-state index contributed by atoms with van der Waals surface area (Å²) in [6, 6.07) is 0. The van der Waals surface area contributed by atoms with Gasteiger partial charge in [-0.1, -0.05) is 0 Å². The van der Waals surface area contributed by atoms with E-state index in [4.69, 9.17) is 5.11 Å². The minimum absolute atomic E-state index is 0.0123. The standard InChI is InChI=1S/C11H15N3O2/c1-8-10(14-5-3-2-4-6-14)12-7-9(13-8)11(15)16/h7H,2-6H2,1H3,(H,15,16). The van der Waals surface area contributed by atoms with Gasteiger partial charge in [0.15, 0.2) is 5.69 Å². The molecular formula is C11H15N3O2. The van der Waals surface area contributed by atoms with Crippen LogP contribution in [0.3, 0.4) is 0 Å². The molecule has 0 aromatic carbocycles. The molecule has 2 heterocycles. The Balaban J connectivity index is 2.24. The average molecular weight is 221 g/mol. The second kappa shape index (κ2) is 4.47. The van der Waals surface area contributed by atoms with Gasteiger partial charge in [-0.2, -0.15) is 0 Å². The van der Waals surface area contributed by atoms with Crippen molar-refractivity contribution in [1.82, 2.24) is 9.97 Å². The van der Waals surface area contributed by atoms with Crippen molar-refractivity contribution >= 4 is 11.8 Å². The highest BCUT2D eigenvalue weighted by Crippen LogP contribution is 2.19. The number of carboxylic acids is 1. The summed E-state index contributed by atoms with van der Waals surface area (Å²) in [5, 5.41) is 8.79. The molecule has 0 amide bonds. The maximum atomic E-state index is 10.7. The molecule has 0 aliphatic carbocycles. The van der Waals surface area contributed by atoms with E-state index in [-0.39, 0.29) is 5.69 Å². The zero-order valence-electron chi connectivity index (χ0n) is 9.31. The van der Waals surface area contributed by atoms with Crippen LogP contribution in [0.2, 0.25) is 0 Å². The molecule has 0 atom stereocenters. The van der Waals surface area contributed by atoms with Crippen molar-refractivity contribution in [2.45, 2.75) is 26.2 Å². The molecule has 2 rings (SSSR count). The lowest BCUT2D eigenvalue weighted by atomic mass is 10.1. The van der Waals surface area contributed by atoms with Gasteiger partial charge in [0.05, 0.1) is 11.9 Å². The van der Waals surface area contributed by atoms with Crippen LogP contribution in [0.4, 0.5) is 5.82 Å². The first-order chi connectivity index (χ1) is 7.68. The third kappa shape index (κ3) is 2.13. The molecule has 1 aliphatic rings. The first-order valence-corrected chi connectivity index (χ1v) is 5.50. The number of aromatic carboxylic acids is 1. The van der Waals surface area contributed by atoms with Crippen LogP contribution in [0.15, 0.2) is 6.20 Å². The van der Waals surface area contributed by atoms with Crippen molar-refractivity contribution in [2.24, 2.45) is 0 Å². The Morgan fingerprint density at radius 1 is 1.38 bits per heavy atom. The first-order valence-electron chi connectivity index (χ1n) is 5.50. The molecule has 5 nitrogen and oxygen atoms in total. The lowest BCUT2D eigenvalue weighted by Gasteiger charge is -2.28. The molecule has 5 heteroatoms. The Morgan fingerprint density at radius 2 is 2.06 bits per heavy atom. The highest BCUT2D eigenvalue weighted by atomic mass is 16.4. The fraction of sp³-hybridized carbons (Fsp3) is 0.545. The molecule has 0 saturated carbocycles. The summed E-state index contributed by atoms with van der Waals surface area (Å²) >= 11 is 0. The molecule has 0 bridgehead atoms. The summed E-state index contributed by atoms with van der Waals surface area (Å²) in [5.41, 5.74) is 0.708. The Morgan fingerprint density at radius 3 is 2.62 bits per heavy atom. The Bertz CT molecular complexity index is 400. The topological polar surface area (TPSA) is 66.3 Å². The van der Waals surface area contributed by atoms with Gasteiger partial charge in [-0.3, -0.25) is 0 Å². The molecule has 0 spiro atoms. The van der Waals surface area contributed by atoms with Gasteiger partial charge >= 0.3 is 5.97 Å². The van der Waals surface area contributed by atoms with Crippen molar-refractivity contribution in [3.05, 3.63) is 17.6 Å². The average Bonchev–Trinajstić information content (AvgIpc) is 2.30. The molecular weight excluding hydrogens is 206 g/mol. The number of hydrogen-bond acceptors (Lipinski definition) is 4. The Labute approximate surface area is 94.1 Å². The van der Waals surface area contributed by atoms with Crippen LogP contribution in [0.25, 0.3) is 0 Å². The molecule has 0 unspecified atom stereocenters. The molecule has 1 saturated heterocycles. The molecule has 1 aromatic rings. The number of aryl methyl sites for hydroxylation is 1. The summed E-state index contributed by atoms with van der Waals surface area (Å²) in [5.74, 6) is -0.203. The summed E-state index contributed by atoms with van der Waals surface area (Å²) in [6.07, 6.45) is 4.93. The zero-order chi connectivity index (χ0) is 11.5. The van der Waals surface area contributed by atoms with Crippen LogP contribution in [0, 0.1) is 6.92 Å². The lowest BCUT2D eigenvalue weighted by molar-refractivity contribution is 0.0689. The predicted molar refractivity (Wildman–Crippen MR) is 59.8 cm³/mol. The molecule has 1 aromatic heterocycles. The van der Waals surface area contributed by atoms with Crippen LogP contribution < -0.4 is 4.90 Å². The number of hydrogen-bond donors (Lipinski definition) is 1. The molecule has 1 aliphatic heterocycles. The third-order valence-electron chi connectivity index (χ3n) is 2.80. The van der Waals surface area contributed by atoms with E-state index in [2.05, 4.69) is 14.9 Å². The first kappa shape index (κ1) is 10.9. The van der Waals surface area contributed by atoms with Gasteiger partial charge in [0, 0.05) is 13.1 Å². The second-order valence-corrected chi connectivity index (χ2v) is 4.02. The fourth-order valence-electron chi connectivity index (χ4n) is 1.99. The number of nitrogens with zero attached hydrogens (tertiary/aromatic N) is 3. The van der Waals surface area contributed by atoms with Crippen LogP contribution >= 0.6 is 0 Å². The van der Waals surface area contributed by atoms with Crippen molar-refractivity contribution in [3.8, 4) is 0 Å². The molecule has 16 heavy (non-hydrogen) atoms. The van der Waals surface area contributed by atoms with E-state index in [0.29, 0.717) is 5.69 Å². The summed E-state index contributed by atoms with van der Waals surface area (Å²) < 4.78 is 0. The normalized spacial score (nSPS) is 16.2. The van der Waals surface area contributed by atoms with E-state index in [1.165, 1.54) is 25.5 Å². The highest BCUT2D eigenvalue weighted by Gasteiger charge is 2.16. The molecule has 0 radical (unpaired) electrons. The van der Waals surface area contributed by atoms with Gasteiger partial charge in [-0.05, 0) is 26.2 Å². The Hall–Kier alpha value is -1.65. The van der Waals surface area contributed by atoms with E-state index >= 15 is 0 Å².